The minimum Gasteiger partial charge on any atom is -0.381 e. The first-order valence-corrected chi connectivity index (χ1v) is 8.95. The molecule has 1 aromatic heterocycles. The van der Waals surface area contributed by atoms with Crippen molar-refractivity contribution >= 4 is 25.7 Å². The van der Waals surface area contributed by atoms with Gasteiger partial charge in [-0.05, 0) is 13.3 Å². The number of nitrogen functional groups attached to an aromatic ring is 1. The summed E-state index contributed by atoms with van der Waals surface area (Å²) in [4.78, 5) is -0.0840. The highest BCUT2D eigenvalue weighted by molar-refractivity contribution is 7.92. The fourth-order valence-electron chi connectivity index (χ4n) is 2.11. The van der Waals surface area contributed by atoms with Crippen LogP contribution in [-0.4, -0.2) is 44.2 Å². The third kappa shape index (κ3) is 2.74. The fraction of sp³-hybridized carbons (Fsp3) is 0.667. The van der Waals surface area contributed by atoms with E-state index in [0.29, 0.717) is 5.69 Å². The van der Waals surface area contributed by atoms with Gasteiger partial charge < -0.3 is 5.73 Å². The first kappa shape index (κ1) is 14.3. The van der Waals surface area contributed by atoms with Crippen LogP contribution in [0.25, 0.3) is 0 Å². The number of anilines is 1. The van der Waals surface area contributed by atoms with Crippen LogP contribution >= 0.6 is 0 Å². The minimum atomic E-state index is -3.86. The average molecular weight is 308 g/mol. The van der Waals surface area contributed by atoms with Crippen molar-refractivity contribution in [1.29, 1.82) is 0 Å². The third-order valence-electron chi connectivity index (χ3n) is 3.13. The molecule has 0 aromatic carbocycles. The molecule has 2 heterocycles. The Balaban J connectivity index is 2.29. The Kier molecular flexibility index (Phi) is 3.35. The second-order valence-electron chi connectivity index (χ2n) is 4.64. The maximum atomic E-state index is 12.2. The molecule has 1 aromatic rings. The summed E-state index contributed by atoms with van der Waals surface area (Å²) in [6.07, 6.45) is 0.279. The first-order chi connectivity index (χ1) is 8.62. The summed E-state index contributed by atoms with van der Waals surface area (Å²) in [6, 6.07) is -0.603. The van der Waals surface area contributed by atoms with E-state index < -0.39 is 25.9 Å². The molecule has 1 aliphatic heterocycles. The Bertz CT molecular complexity index is 705. The highest BCUT2D eigenvalue weighted by Gasteiger charge is 2.33. The molecule has 1 saturated heterocycles. The lowest BCUT2D eigenvalue weighted by Gasteiger charge is -2.11. The van der Waals surface area contributed by atoms with E-state index in [2.05, 4.69) is 9.82 Å². The Morgan fingerprint density at radius 2 is 2.11 bits per heavy atom. The van der Waals surface area contributed by atoms with E-state index in [1.807, 2.05) is 0 Å². The van der Waals surface area contributed by atoms with Gasteiger partial charge >= 0.3 is 0 Å². The van der Waals surface area contributed by atoms with Crippen LogP contribution in [0.15, 0.2) is 4.90 Å². The van der Waals surface area contributed by atoms with Crippen LogP contribution in [0.3, 0.4) is 0 Å². The molecule has 2 rings (SSSR count). The smallest absolute Gasteiger partial charge is 0.246 e. The van der Waals surface area contributed by atoms with Crippen molar-refractivity contribution in [2.24, 2.45) is 7.05 Å². The van der Waals surface area contributed by atoms with Gasteiger partial charge in [0.1, 0.15) is 4.90 Å². The second kappa shape index (κ2) is 4.46. The molecule has 108 valence electrons. The number of aryl methyl sites for hydroxylation is 1. The molecule has 3 N–H and O–H groups in total. The minimum absolute atomic E-state index is 0.00168. The molecule has 0 spiro atoms. The standard InChI is InChI=1S/C9H16N4O4S2/c1-6-8(9(10)11-13(6)2)19(16,17)12-7-3-4-18(14,15)5-7/h7,12H,3-5H2,1-2H3,(H2,10,11). The van der Waals surface area contributed by atoms with E-state index in [9.17, 15) is 16.8 Å². The van der Waals surface area contributed by atoms with Gasteiger partial charge in [0.2, 0.25) is 10.0 Å². The molecule has 19 heavy (non-hydrogen) atoms. The molecular formula is C9H16N4O4S2. The number of nitrogens with zero attached hydrogens (tertiary/aromatic N) is 2. The molecule has 1 fully saturated rings. The molecule has 0 amide bonds. The summed E-state index contributed by atoms with van der Waals surface area (Å²) in [5, 5.41) is 3.84. The molecule has 0 aliphatic carbocycles. The highest BCUT2D eigenvalue weighted by Crippen LogP contribution is 2.22. The van der Waals surface area contributed by atoms with Crippen molar-refractivity contribution in [3.63, 3.8) is 0 Å². The van der Waals surface area contributed by atoms with Crippen molar-refractivity contribution in [2.45, 2.75) is 24.3 Å². The van der Waals surface area contributed by atoms with E-state index in [0.717, 1.165) is 0 Å². The van der Waals surface area contributed by atoms with Crippen LogP contribution in [0.4, 0.5) is 5.82 Å². The van der Waals surface area contributed by atoms with Crippen molar-refractivity contribution in [3.05, 3.63) is 5.69 Å². The number of sulfone groups is 1. The number of hydrogen-bond donors (Lipinski definition) is 2. The molecule has 1 unspecified atom stereocenters. The summed E-state index contributed by atoms with van der Waals surface area (Å²) >= 11 is 0. The second-order valence-corrected chi connectivity index (χ2v) is 8.52. The van der Waals surface area contributed by atoms with Crippen molar-refractivity contribution in [2.75, 3.05) is 17.2 Å². The van der Waals surface area contributed by atoms with E-state index >= 15 is 0 Å². The lowest BCUT2D eigenvalue weighted by atomic mass is 10.3. The van der Waals surface area contributed by atoms with Gasteiger partial charge in [-0.15, -0.1) is 0 Å². The lowest BCUT2D eigenvalue weighted by molar-refractivity contribution is 0.562. The summed E-state index contributed by atoms with van der Waals surface area (Å²) in [7, 11) is -5.41. The number of nitrogens with one attached hydrogen (secondary N) is 1. The van der Waals surface area contributed by atoms with E-state index in [1.54, 1.807) is 14.0 Å². The van der Waals surface area contributed by atoms with Gasteiger partial charge in [0, 0.05) is 13.1 Å². The number of rotatable bonds is 3. The SMILES string of the molecule is Cc1c(S(=O)(=O)NC2CCS(=O)(=O)C2)c(N)nn1C. The van der Waals surface area contributed by atoms with Crippen molar-refractivity contribution in [3.8, 4) is 0 Å². The molecule has 0 saturated carbocycles. The highest BCUT2D eigenvalue weighted by atomic mass is 32.2. The summed E-state index contributed by atoms with van der Waals surface area (Å²) < 4.78 is 50.8. The molecular weight excluding hydrogens is 292 g/mol. The zero-order valence-electron chi connectivity index (χ0n) is 10.6. The summed E-state index contributed by atoms with van der Waals surface area (Å²) in [5.74, 6) is -0.263. The van der Waals surface area contributed by atoms with Gasteiger partial charge in [-0.3, -0.25) is 4.68 Å². The van der Waals surface area contributed by atoms with Gasteiger partial charge in [0.15, 0.2) is 15.7 Å². The zero-order valence-corrected chi connectivity index (χ0v) is 12.3. The van der Waals surface area contributed by atoms with Crippen molar-refractivity contribution < 1.29 is 16.8 Å². The first-order valence-electron chi connectivity index (χ1n) is 5.64. The monoisotopic (exact) mass is 308 g/mol. The Morgan fingerprint density at radius 1 is 1.47 bits per heavy atom. The lowest BCUT2D eigenvalue weighted by Crippen LogP contribution is -2.36. The topological polar surface area (TPSA) is 124 Å². The molecule has 0 bridgehead atoms. The maximum Gasteiger partial charge on any atom is 0.246 e. The van der Waals surface area contributed by atoms with Crippen LogP contribution < -0.4 is 10.5 Å². The Labute approximate surface area is 111 Å². The third-order valence-corrected chi connectivity index (χ3v) is 6.58. The van der Waals surface area contributed by atoms with E-state index in [1.165, 1.54) is 4.68 Å². The molecule has 1 atom stereocenters. The maximum absolute atomic E-state index is 12.2. The average Bonchev–Trinajstić information content (AvgIpc) is 2.67. The molecule has 8 nitrogen and oxygen atoms in total. The number of sulfonamides is 1. The zero-order chi connectivity index (χ0) is 14.4. The van der Waals surface area contributed by atoms with Crippen LogP contribution in [0, 0.1) is 6.92 Å². The van der Waals surface area contributed by atoms with Gasteiger partial charge in [0.05, 0.1) is 17.2 Å². The van der Waals surface area contributed by atoms with Crippen molar-refractivity contribution in [1.82, 2.24) is 14.5 Å². The van der Waals surface area contributed by atoms with Crippen LogP contribution in [-0.2, 0) is 26.9 Å². The molecule has 1 aliphatic rings. The van der Waals surface area contributed by atoms with Crippen LogP contribution in [0.2, 0.25) is 0 Å². The summed E-state index contributed by atoms with van der Waals surface area (Å²) in [6.45, 7) is 1.59. The van der Waals surface area contributed by atoms with Crippen LogP contribution in [0.1, 0.15) is 12.1 Å². The number of nitrogens with two attached hydrogens (primary N) is 1. The normalized spacial score (nSPS) is 22.7. The van der Waals surface area contributed by atoms with E-state index in [4.69, 9.17) is 5.73 Å². The predicted molar refractivity (Wildman–Crippen MR) is 69.7 cm³/mol. The van der Waals surface area contributed by atoms with Crippen LogP contribution in [0.5, 0.6) is 0 Å². The predicted octanol–water partition coefficient (Wildman–Crippen LogP) is -1.22. The largest absolute Gasteiger partial charge is 0.381 e. The van der Waals surface area contributed by atoms with Gasteiger partial charge in [-0.2, -0.15) is 5.10 Å². The summed E-state index contributed by atoms with van der Waals surface area (Å²) in [5.41, 5.74) is 5.99. The molecule has 10 heteroatoms. The van der Waals surface area contributed by atoms with Gasteiger partial charge in [-0.1, -0.05) is 0 Å². The number of hydrogen-bond acceptors (Lipinski definition) is 6. The Morgan fingerprint density at radius 3 is 2.53 bits per heavy atom. The quantitative estimate of drug-likeness (QED) is 0.721. The van der Waals surface area contributed by atoms with Gasteiger partial charge in [-0.25, -0.2) is 21.6 Å². The van der Waals surface area contributed by atoms with E-state index in [-0.39, 0.29) is 28.6 Å². The fourth-order valence-corrected chi connectivity index (χ4v) is 5.49. The Hall–Kier alpha value is -1.13. The molecule has 0 radical (unpaired) electrons. The van der Waals surface area contributed by atoms with Gasteiger partial charge in [0.25, 0.3) is 0 Å². The number of aromatic nitrogens is 2.